The van der Waals surface area contributed by atoms with E-state index in [1.807, 2.05) is 24.3 Å². The Morgan fingerprint density at radius 3 is 2.67 bits per heavy atom. The molecule has 1 aliphatic rings. The summed E-state index contributed by atoms with van der Waals surface area (Å²) < 4.78 is 0.926. The van der Waals surface area contributed by atoms with Gasteiger partial charge in [0.2, 0.25) is 11.8 Å². The van der Waals surface area contributed by atoms with Gasteiger partial charge in [-0.25, -0.2) is 0 Å². The van der Waals surface area contributed by atoms with Crippen molar-refractivity contribution in [3.05, 3.63) is 34.3 Å². The number of hydrogen-bond donors (Lipinski definition) is 0. The molecule has 0 radical (unpaired) electrons. The van der Waals surface area contributed by atoms with Gasteiger partial charge < -0.3 is 0 Å². The van der Waals surface area contributed by atoms with E-state index in [2.05, 4.69) is 15.9 Å². The van der Waals surface area contributed by atoms with Crippen molar-refractivity contribution in [1.29, 1.82) is 0 Å². The lowest BCUT2D eigenvalue weighted by atomic mass is 9.98. The van der Waals surface area contributed by atoms with E-state index in [-0.39, 0.29) is 24.2 Å². The zero-order valence-electron chi connectivity index (χ0n) is 8.24. The standard InChI is InChI=1S/C11H10BrNO2/c1-13-10(14)6-9(11(13)15)7-3-2-4-8(12)5-7/h2-5,9H,6H2,1H3/t9-/m1/s1. The monoisotopic (exact) mass is 267 g/mol. The molecule has 1 aromatic rings. The van der Waals surface area contributed by atoms with Crippen LogP contribution in [0.15, 0.2) is 28.7 Å². The third kappa shape index (κ3) is 1.81. The van der Waals surface area contributed by atoms with Crippen molar-refractivity contribution < 1.29 is 9.59 Å². The third-order valence-electron chi connectivity index (χ3n) is 2.63. The van der Waals surface area contributed by atoms with Gasteiger partial charge in [0.05, 0.1) is 5.92 Å². The predicted molar refractivity (Wildman–Crippen MR) is 59.3 cm³/mol. The second kappa shape index (κ2) is 3.77. The first-order valence-electron chi connectivity index (χ1n) is 4.65. The number of likely N-dealkylation sites (tertiary alicyclic amines) is 1. The summed E-state index contributed by atoms with van der Waals surface area (Å²) in [5.74, 6) is -0.525. The molecule has 0 spiro atoms. The number of carbonyl (C=O) groups is 2. The van der Waals surface area contributed by atoms with Crippen LogP contribution in [0.3, 0.4) is 0 Å². The van der Waals surface area contributed by atoms with Gasteiger partial charge in [-0.2, -0.15) is 0 Å². The fraction of sp³-hybridized carbons (Fsp3) is 0.273. The van der Waals surface area contributed by atoms with Crippen LogP contribution in [-0.4, -0.2) is 23.8 Å². The Balaban J connectivity index is 2.33. The van der Waals surface area contributed by atoms with E-state index in [1.165, 1.54) is 11.9 Å². The summed E-state index contributed by atoms with van der Waals surface area (Å²) in [6.45, 7) is 0. The summed E-state index contributed by atoms with van der Waals surface area (Å²) in [5, 5.41) is 0. The molecule has 0 aromatic heterocycles. The van der Waals surface area contributed by atoms with Crippen LogP contribution in [0.5, 0.6) is 0 Å². The Bertz CT molecular complexity index is 430. The van der Waals surface area contributed by atoms with Crippen molar-refractivity contribution in [2.75, 3.05) is 7.05 Å². The average molecular weight is 268 g/mol. The average Bonchev–Trinajstić information content (AvgIpc) is 2.46. The maximum absolute atomic E-state index is 11.7. The van der Waals surface area contributed by atoms with Crippen molar-refractivity contribution in [3.8, 4) is 0 Å². The molecule has 1 fully saturated rings. The van der Waals surface area contributed by atoms with Crippen LogP contribution in [-0.2, 0) is 9.59 Å². The number of nitrogens with zero attached hydrogens (tertiary/aromatic N) is 1. The highest BCUT2D eigenvalue weighted by Gasteiger charge is 2.36. The molecule has 1 aromatic carbocycles. The first kappa shape index (κ1) is 10.4. The summed E-state index contributed by atoms with van der Waals surface area (Å²) in [4.78, 5) is 24.3. The number of hydrogen-bond acceptors (Lipinski definition) is 2. The number of benzene rings is 1. The SMILES string of the molecule is CN1C(=O)C[C@H](c2cccc(Br)c2)C1=O. The minimum Gasteiger partial charge on any atom is -0.285 e. The van der Waals surface area contributed by atoms with Crippen molar-refractivity contribution in [2.24, 2.45) is 0 Å². The molecule has 0 unspecified atom stereocenters. The van der Waals surface area contributed by atoms with Gasteiger partial charge in [0.1, 0.15) is 0 Å². The number of carbonyl (C=O) groups excluding carboxylic acids is 2. The molecule has 1 atom stereocenters. The minimum absolute atomic E-state index is 0.107. The lowest BCUT2D eigenvalue weighted by Gasteiger charge is -2.09. The molecular formula is C11H10BrNO2. The van der Waals surface area contributed by atoms with Crippen LogP contribution in [0, 0.1) is 0 Å². The smallest absolute Gasteiger partial charge is 0.236 e. The van der Waals surface area contributed by atoms with Gasteiger partial charge in [-0.1, -0.05) is 28.1 Å². The van der Waals surface area contributed by atoms with Gasteiger partial charge >= 0.3 is 0 Å². The molecule has 4 heteroatoms. The summed E-state index contributed by atoms with van der Waals surface area (Å²) in [5.41, 5.74) is 0.895. The molecule has 1 heterocycles. The van der Waals surface area contributed by atoms with Gasteiger partial charge in [0, 0.05) is 17.9 Å². The van der Waals surface area contributed by atoms with E-state index in [9.17, 15) is 9.59 Å². The quantitative estimate of drug-likeness (QED) is 0.730. The Morgan fingerprint density at radius 1 is 1.40 bits per heavy atom. The van der Waals surface area contributed by atoms with Crippen molar-refractivity contribution in [1.82, 2.24) is 4.90 Å². The molecule has 0 saturated carbocycles. The second-order valence-corrected chi connectivity index (χ2v) is 4.52. The van der Waals surface area contributed by atoms with Crippen LogP contribution < -0.4 is 0 Å². The lowest BCUT2D eigenvalue weighted by Crippen LogP contribution is -2.25. The molecule has 1 aliphatic heterocycles. The molecule has 78 valence electrons. The van der Waals surface area contributed by atoms with Gasteiger partial charge in [0.15, 0.2) is 0 Å². The Kier molecular flexibility index (Phi) is 2.61. The van der Waals surface area contributed by atoms with E-state index in [0.717, 1.165) is 10.0 Å². The first-order valence-corrected chi connectivity index (χ1v) is 5.45. The maximum atomic E-state index is 11.7. The normalized spacial score (nSPS) is 21.2. The highest BCUT2D eigenvalue weighted by Crippen LogP contribution is 2.29. The Morgan fingerprint density at radius 2 is 2.13 bits per heavy atom. The number of amides is 2. The fourth-order valence-electron chi connectivity index (χ4n) is 1.74. The third-order valence-corrected chi connectivity index (χ3v) is 3.13. The summed E-state index contributed by atoms with van der Waals surface area (Å²) in [6.07, 6.45) is 0.284. The maximum Gasteiger partial charge on any atom is 0.236 e. The summed E-state index contributed by atoms with van der Waals surface area (Å²) >= 11 is 3.35. The molecule has 3 nitrogen and oxygen atoms in total. The summed E-state index contributed by atoms with van der Waals surface area (Å²) in [6, 6.07) is 7.53. The van der Waals surface area contributed by atoms with Gasteiger partial charge in [0.25, 0.3) is 0 Å². The number of imide groups is 1. The van der Waals surface area contributed by atoms with Crippen LogP contribution in [0.25, 0.3) is 0 Å². The molecule has 2 rings (SSSR count). The Hall–Kier alpha value is -1.16. The van der Waals surface area contributed by atoms with Crippen LogP contribution in [0.1, 0.15) is 17.9 Å². The molecule has 0 bridgehead atoms. The molecule has 0 N–H and O–H groups in total. The molecule has 2 amide bonds. The van der Waals surface area contributed by atoms with E-state index < -0.39 is 0 Å². The summed E-state index contributed by atoms with van der Waals surface area (Å²) in [7, 11) is 1.53. The molecule has 15 heavy (non-hydrogen) atoms. The fourth-order valence-corrected chi connectivity index (χ4v) is 2.16. The van der Waals surface area contributed by atoms with Crippen molar-refractivity contribution >= 4 is 27.7 Å². The largest absolute Gasteiger partial charge is 0.285 e. The molecular weight excluding hydrogens is 258 g/mol. The highest BCUT2D eigenvalue weighted by molar-refractivity contribution is 9.10. The zero-order valence-corrected chi connectivity index (χ0v) is 9.82. The van der Waals surface area contributed by atoms with Crippen molar-refractivity contribution in [2.45, 2.75) is 12.3 Å². The van der Waals surface area contributed by atoms with Crippen LogP contribution in [0.4, 0.5) is 0 Å². The van der Waals surface area contributed by atoms with E-state index in [0.29, 0.717) is 0 Å². The van der Waals surface area contributed by atoms with E-state index in [4.69, 9.17) is 0 Å². The number of halogens is 1. The number of likely N-dealkylation sites (N-methyl/N-ethyl adjacent to an activating group) is 1. The van der Waals surface area contributed by atoms with Gasteiger partial charge in [-0.05, 0) is 17.7 Å². The first-order chi connectivity index (χ1) is 7.09. The second-order valence-electron chi connectivity index (χ2n) is 3.60. The molecule has 0 aliphatic carbocycles. The lowest BCUT2D eigenvalue weighted by molar-refractivity contribution is -0.137. The predicted octanol–water partition coefficient (Wildman–Crippen LogP) is 1.92. The topological polar surface area (TPSA) is 37.4 Å². The zero-order chi connectivity index (χ0) is 11.0. The van der Waals surface area contributed by atoms with Crippen LogP contribution >= 0.6 is 15.9 Å². The van der Waals surface area contributed by atoms with Gasteiger partial charge in [-0.15, -0.1) is 0 Å². The van der Waals surface area contributed by atoms with Gasteiger partial charge in [-0.3, -0.25) is 14.5 Å². The van der Waals surface area contributed by atoms with E-state index in [1.54, 1.807) is 0 Å². The van der Waals surface area contributed by atoms with E-state index >= 15 is 0 Å². The highest BCUT2D eigenvalue weighted by atomic mass is 79.9. The van der Waals surface area contributed by atoms with Crippen molar-refractivity contribution in [3.63, 3.8) is 0 Å². The molecule has 1 saturated heterocycles. The Labute approximate surface area is 96.2 Å². The van der Waals surface area contributed by atoms with Crippen LogP contribution in [0.2, 0.25) is 0 Å². The number of rotatable bonds is 1. The minimum atomic E-state index is -0.306.